The monoisotopic (exact) mass is 619 g/mol. The van der Waals surface area contributed by atoms with Crippen LogP contribution in [0.15, 0.2) is 36.6 Å². The van der Waals surface area contributed by atoms with Gasteiger partial charge in [0.15, 0.2) is 17.7 Å². The Morgan fingerprint density at radius 1 is 1.18 bits per heavy atom. The lowest BCUT2D eigenvalue weighted by Gasteiger charge is -2.16. The molecular formula is C30H45N5O9. The van der Waals surface area contributed by atoms with Crippen molar-refractivity contribution in [3.8, 4) is 0 Å². The first kappa shape index (κ1) is 33.7. The Balaban J connectivity index is 0.000000208. The van der Waals surface area contributed by atoms with E-state index in [1.54, 1.807) is 0 Å². The lowest BCUT2D eigenvalue weighted by molar-refractivity contribution is -0.137. The minimum atomic E-state index is -1.19. The zero-order valence-corrected chi connectivity index (χ0v) is 24.9. The van der Waals surface area contributed by atoms with Crippen molar-refractivity contribution in [1.29, 1.82) is 0 Å². The molecule has 244 valence electrons. The molecule has 2 aromatic rings. The summed E-state index contributed by atoms with van der Waals surface area (Å²) in [6.45, 7) is 1.75. The third kappa shape index (κ3) is 8.11. The first-order chi connectivity index (χ1) is 21.1. The van der Waals surface area contributed by atoms with Gasteiger partial charge in [-0.15, -0.1) is 0 Å². The van der Waals surface area contributed by atoms with Crippen LogP contribution in [0.2, 0.25) is 0 Å². The van der Waals surface area contributed by atoms with Crippen LogP contribution in [0.5, 0.6) is 0 Å². The van der Waals surface area contributed by atoms with Crippen molar-refractivity contribution < 1.29 is 44.9 Å². The number of aliphatic hydroxyl groups excluding tert-OH is 5. The second kappa shape index (κ2) is 15.7. The van der Waals surface area contributed by atoms with E-state index >= 15 is 0 Å². The number of allylic oxidation sites excluding steroid dienone is 2. The molecule has 1 saturated carbocycles. The lowest BCUT2D eigenvalue weighted by atomic mass is 9.90. The van der Waals surface area contributed by atoms with Crippen LogP contribution < -0.4 is 5.73 Å². The molecule has 14 heteroatoms. The summed E-state index contributed by atoms with van der Waals surface area (Å²) >= 11 is 0. The topological polar surface area (TPSA) is 227 Å². The number of nitrogens with two attached hydrogens (primary N) is 1. The lowest BCUT2D eigenvalue weighted by Crippen LogP contribution is -2.33. The minimum absolute atomic E-state index is 0.0238. The van der Waals surface area contributed by atoms with Crippen LogP contribution in [0.1, 0.15) is 70.9 Å². The number of fused-ring (bicyclic) bond motifs is 2. The second-order valence-corrected chi connectivity index (χ2v) is 11.6. The number of aromatic nitrogens is 4. The zero-order valence-electron chi connectivity index (χ0n) is 24.9. The van der Waals surface area contributed by atoms with Crippen molar-refractivity contribution in [2.45, 2.75) is 108 Å². The number of aliphatic hydroxyl groups is 5. The SMILES string of the molecule is CCCCC[C@H](O)/C=C/[C@@H]1[C@H]2C/C(=C/CCCC(=O)O)O[C@H]2C[C@H]1O.Nc1ncnc2c1ncn2[C@@H]1O[C@H](CO)[C@@H](O)[C@H]1O. The maximum atomic E-state index is 10.5. The summed E-state index contributed by atoms with van der Waals surface area (Å²) in [7, 11) is 0. The zero-order chi connectivity index (χ0) is 31.8. The Labute approximate surface area is 255 Å². The maximum absolute atomic E-state index is 10.5. The standard InChI is InChI=1S/C20H32O5.C10H13N5O4/c1-2-3-4-7-14(21)10-11-16-17-12-15(8-5-6-9-20(23)24)25-19(17)13-18(16)22;11-8-5-9(13-2-12-8)15(3-14-5)10-7(18)6(17)4(1-16)19-10/h8,10-11,14,16-19,21-22H,2-7,9,12-13H2,1H3,(H,23,24);2-4,6-7,10,16-18H,1H2,(H2,11,12,13)/b11-10+,15-8-;/t14-,16+,17+,18+,19-;4-,6-,7-,10-/m01/s1. The van der Waals surface area contributed by atoms with Crippen LogP contribution in [-0.4, -0.2) is 99.4 Å². The third-order valence-electron chi connectivity index (χ3n) is 8.43. The van der Waals surface area contributed by atoms with Crippen LogP contribution >= 0.6 is 0 Å². The van der Waals surface area contributed by atoms with Crippen LogP contribution in [0.25, 0.3) is 11.2 Å². The predicted octanol–water partition coefficient (Wildman–Crippen LogP) is 1.43. The predicted molar refractivity (Wildman–Crippen MR) is 159 cm³/mol. The van der Waals surface area contributed by atoms with Crippen molar-refractivity contribution in [3.63, 3.8) is 0 Å². The van der Waals surface area contributed by atoms with Crippen molar-refractivity contribution in [2.24, 2.45) is 11.8 Å². The summed E-state index contributed by atoms with van der Waals surface area (Å²) in [5.74, 6) is 0.647. The summed E-state index contributed by atoms with van der Waals surface area (Å²) in [4.78, 5) is 22.4. The van der Waals surface area contributed by atoms with Crippen LogP contribution in [0.4, 0.5) is 5.82 Å². The van der Waals surface area contributed by atoms with E-state index < -0.39 is 49.3 Å². The quantitative estimate of drug-likeness (QED) is 0.132. The van der Waals surface area contributed by atoms with Crippen molar-refractivity contribution in [1.82, 2.24) is 19.5 Å². The average Bonchev–Trinajstić information content (AvgIpc) is 3.73. The molecule has 1 aliphatic carbocycles. The number of imidazole rings is 1. The van der Waals surface area contributed by atoms with Gasteiger partial charge in [-0.05, 0) is 25.3 Å². The van der Waals surface area contributed by atoms with E-state index in [9.17, 15) is 25.2 Å². The molecule has 9 atom stereocenters. The molecule has 2 saturated heterocycles. The number of nitrogens with zero attached hydrogens (tertiary/aromatic N) is 4. The van der Waals surface area contributed by atoms with E-state index in [0.29, 0.717) is 30.4 Å². The Morgan fingerprint density at radius 2 is 1.98 bits per heavy atom. The summed E-state index contributed by atoms with van der Waals surface area (Å²) in [5.41, 5.74) is 6.44. The van der Waals surface area contributed by atoms with E-state index in [2.05, 4.69) is 21.9 Å². The Bertz CT molecular complexity index is 1290. The molecule has 3 aliphatic rings. The van der Waals surface area contributed by atoms with Crippen molar-refractivity contribution in [3.05, 3.63) is 36.6 Å². The third-order valence-corrected chi connectivity index (χ3v) is 8.43. The Morgan fingerprint density at radius 3 is 2.68 bits per heavy atom. The molecule has 44 heavy (non-hydrogen) atoms. The molecule has 0 aromatic carbocycles. The van der Waals surface area contributed by atoms with Gasteiger partial charge < -0.3 is 45.8 Å². The fourth-order valence-electron chi connectivity index (χ4n) is 6.02. The number of carbonyl (C=O) groups is 1. The van der Waals surface area contributed by atoms with Gasteiger partial charge in [-0.2, -0.15) is 0 Å². The molecule has 8 N–H and O–H groups in total. The minimum Gasteiger partial charge on any atom is -0.495 e. The summed E-state index contributed by atoms with van der Waals surface area (Å²) in [6, 6.07) is 0. The highest BCUT2D eigenvalue weighted by molar-refractivity contribution is 5.81. The first-order valence-electron chi connectivity index (χ1n) is 15.3. The first-order valence-corrected chi connectivity index (χ1v) is 15.3. The molecule has 0 unspecified atom stereocenters. The van der Waals surface area contributed by atoms with Gasteiger partial charge in [0.1, 0.15) is 36.3 Å². The average molecular weight is 620 g/mol. The smallest absolute Gasteiger partial charge is 0.303 e. The van der Waals surface area contributed by atoms with Gasteiger partial charge in [-0.3, -0.25) is 9.36 Å². The number of hydrogen-bond donors (Lipinski definition) is 7. The molecule has 2 aromatic heterocycles. The Hall–Kier alpha value is -3.14. The molecule has 4 heterocycles. The largest absolute Gasteiger partial charge is 0.495 e. The highest BCUT2D eigenvalue weighted by Crippen LogP contribution is 2.45. The van der Waals surface area contributed by atoms with Gasteiger partial charge in [-0.1, -0.05) is 38.3 Å². The van der Waals surface area contributed by atoms with Crippen molar-refractivity contribution >= 4 is 23.0 Å². The van der Waals surface area contributed by atoms with E-state index in [1.165, 1.54) is 17.2 Å². The number of unbranched alkanes of at least 4 members (excludes halogenated alkanes) is 3. The molecule has 5 rings (SSSR count). The fraction of sp³-hybridized carbons (Fsp3) is 0.667. The number of carboxylic acids is 1. The van der Waals surface area contributed by atoms with Gasteiger partial charge in [0.05, 0.1) is 30.9 Å². The van der Waals surface area contributed by atoms with Gasteiger partial charge in [-0.25, -0.2) is 15.0 Å². The van der Waals surface area contributed by atoms with Crippen LogP contribution in [0, 0.1) is 11.8 Å². The molecule has 3 fully saturated rings. The molecule has 0 radical (unpaired) electrons. The molecule has 0 bridgehead atoms. The summed E-state index contributed by atoms with van der Waals surface area (Å²) in [5, 5.41) is 57.7. The second-order valence-electron chi connectivity index (χ2n) is 11.6. The van der Waals surface area contributed by atoms with E-state index in [1.807, 2.05) is 18.2 Å². The van der Waals surface area contributed by atoms with Gasteiger partial charge in [0, 0.05) is 31.1 Å². The van der Waals surface area contributed by atoms with E-state index in [4.69, 9.17) is 25.4 Å². The van der Waals surface area contributed by atoms with Crippen LogP contribution in [-0.2, 0) is 14.3 Å². The molecular weight excluding hydrogens is 574 g/mol. The number of ether oxygens (including phenoxy) is 2. The summed E-state index contributed by atoms with van der Waals surface area (Å²) in [6.07, 6.45) is 10.5. The highest BCUT2D eigenvalue weighted by atomic mass is 16.6. The molecule has 0 amide bonds. The highest BCUT2D eigenvalue weighted by Gasteiger charge is 2.47. The number of hydrogen-bond acceptors (Lipinski definition) is 12. The van der Waals surface area contributed by atoms with E-state index in [0.717, 1.165) is 37.9 Å². The Kier molecular flexibility index (Phi) is 12.1. The fourth-order valence-corrected chi connectivity index (χ4v) is 6.02. The molecule has 0 spiro atoms. The number of anilines is 1. The summed E-state index contributed by atoms with van der Waals surface area (Å²) < 4.78 is 12.8. The van der Waals surface area contributed by atoms with Gasteiger partial charge in [0.2, 0.25) is 0 Å². The van der Waals surface area contributed by atoms with Crippen molar-refractivity contribution in [2.75, 3.05) is 12.3 Å². The van der Waals surface area contributed by atoms with E-state index in [-0.39, 0.29) is 30.2 Å². The number of carboxylic acid groups (broad SMARTS) is 1. The number of nitrogen functional groups attached to an aromatic ring is 1. The van der Waals surface area contributed by atoms with Gasteiger partial charge in [0.25, 0.3) is 0 Å². The molecule has 14 nitrogen and oxygen atoms in total. The van der Waals surface area contributed by atoms with Gasteiger partial charge >= 0.3 is 5.97 Å². The number of rotatable bonds is 12. The normalized spacial score (nSPS) is 31.3. The molecule has 2 aliphatic heterocycles. The van der Waals surface area contributed by atoms with Crippen LogP contribution in [0.3, 0.4) is 0 Å². The number of aliphatic carboxylic acids is 1. The maximum Gasteiger partial charge on any atom is 0.303 e.